The number of nitrogens with zero attached hydrogens (tertiary/aromatic N) is 1. The zero-order valence-electron chi connectivity index (χ0n) is 15.6. The first-order chi connectivity index (χ1) is 13.7. The first-order valence-corrected chi connectivity index (χ1v) is 10.6. The standard InChI is InChI=1S/C20H19NO7S/c1-2-3-4-18-19(16-11-15(21(23)24)9-10-17(16)28-18)20(22)14-7-5-13(6-8-14)12-29(25,26)27/h5-11H,2-4,12H2,1H3,(H,25,26,27). The lowest BCUT2D eigenvalue weighted by Crippen LogP contribution is -2.05. The maximum Gasteiger partial charge on any atom is 0.270 e. The molecular formula is C20H19NO7S. The summed E-state index contributed by atoms with van der Waals surface area (Å²) in [5.74, 6) is -0.451. The van der Waals surface area contributed by atoms with E-state index in [0.717, 1.165) is 12.8 Å². The molecule has 0 atom stereocenters. The number of rotatable bonds is 8. The summed E-state index contributed by atoms with van der Waals surface area (Å²) in [5.41, 5.74) is 1.16. The Balaban J connectivity index is 2.06. The average Bonchev–Trinajstić information content (AvgIpc) is 3.02. The van der Waals surface area contributed by atoms with Crippen LogP contribution < -0.4 is 0 Å². The zero-order valence-corrected chi connectivity index (χ0v) is 16.4. The Hall–Kier alpha value is -3.04. The number of carbonyl (C=O) groups is 1. The highest BCUT2D eigenvalue weighted by molar-refractivity contribution is 7.85. The van der Waals surface area contributed by atoms with Crippen LogP contribution in [0.4, 0.5) is 5.69 Å². The number of carbonyl (C=O) groups excluding carboxylic acids is 1. The molecule has 3 aromatic rings. The van der Waals surface area contributed by atoms with E-state index in [4.69, 9.17) is 8.97 Å². The maximum atomic E-state index is 13.2. The molecule has 1 heterocycles. The second-order valence-electron chi connectivity index (χ2n) is 6.69. The molecule has 9 heteroatoms. The van der Waals surface area contributed by atoms with Gasteiger partial charge >= 0.3 is 0 Å². The molecule has 0 bridgehead atoms. The van der Waals surface area contributed by atoms with E-state index in [9.17, 15) is 23.3 Å². The largest absolute Gasteiger partial charge is 0.460 e. The Morgan fingerprint density at radius 2 is 1.86 bits per heavy atom. The van der Waals surface area contributed by atoms with Crippen molar-refractivity contribution in [1.82, 2.24) is 0 Å². The number of nitro benzene ring substituents is 1. The number of aryl methyl sites for hydroxylation is 1. The van der Waals surface area contributed by atoms with Crippen molar-refractivity contribution < 1.29 is 27.1 Å². The molecule has 0 aliphatic rings. The number of hydrogen-bond acceptors (Lipinski definition) is 6. The van der Waals surface area contributed by atoms with Crippen molar-refractivity contribution in [2.75, 3.05) is 0 Å². The minimum Gasteiger partial charge on any atom is -0.460 e. The quantitative estimate of drug-likeness (QED) is 0.250. The molecule has 0 aliphatic heterocycles. The molecule has 0 unspecified atom stereocenters. The number of ketones is 1. The highest BCUT2D eigenvalue weighted by Crippen LogP contribution is 2.32. The van der Waals surface area contributed by atoms with Gasteiger partial charge in [-0.2, -0.15) is 8.42 Å². The summed E-state index contributed by atoms with van der Waals surface area (Å²) in [6.07, 6.45) is 2.19. The molecule has 29 heavy (non-hydrogen) atoms. The molecule has 0 amide bonds. The van der Waals surface area contributed by atoms with Crippen molar-refractivity contribution in [3.05, 3.63) is 75.0 Å². The summed E-state index contributed by atoms with van der Waals surface area (Å²) in [4.78, 5) is 23.8. The van der Waals surface area contributed by atoms with Gasteiger partial charge in [-0.1, -0.05) is 37.6 Å². The van der Waals surface area contributed by atoms with Gasteiger partial charge in [-0.25, -0.2) is 0 Å². The van der Waals surface area contributed by atoms with Crippen molar-refractivity contribution in [3.63, 3.8) is 0 Å². The van der Waals surface area contributed by atoms with Gasteiger partial charge in [-0.15, -0.1) is 0 Å². The Bertz CT molecular complexity index is 1180. The summed E-state index contributed by atoms with van der Waals surface area (Å²) in [5, 5.41) is 11.5. The lowest BCUT2D eigenvalue weighted by atomic mass is 9.97. The third-order valence-electron chi connectivity index (χ3n) is 4.50. The van der Waals surface area contributed by atoms with Crippen LogP contribution in [0.3, 0.4) is 0 Å². The molecule has 0 spiro atoms. The lowest BCUT2D eigenvalue weighted by Gasteiger charge is -2.05. The SMILES string of the molecule is CCCCc1oc2ccc([N+](=O)[O-])cc2c1C(=O)c1ccc(CS(=O)(=O)O)cc1. The Morgan fingerprint density at radius 3 is 2.45 bits per heavy atom. The van der Waals surface area contributed by atoms with E-state index in [1.165, 1.54) is 42.5 Å². The van der Waals surface area contributed by atoms with Crippen LogP contribution in [-0.4, -0.2) is 23.7 Å². The van der Waals surface area contributed by atoms with Crippen molar-refractivity contribution in [2.45, 2.75) is 31.9 Å². The predicted octanol–water partition coefficient (Wildman–Crippen LogP) is 4.30. The second kappa shape index (κ2) is 8.14. The van der Waals surface area contributed by atoms with Crippen LogP contribution >= 0.6 is 0 Å². The highest BCUT2D eigenvalue weighted by atomic mass is 32.2. The van der Waals surface area contributed by atoms with Gasteiger partial charge in [0.2, 0.25) is 0 Å². The fraction of sp³-hybridized carbons (Fsp3) is 0.250. The van der Waals surface area contributed by atoms with E-state index < -0.39 is 20.8 Å². The number of non-ortho nitro benzene ring substituents is 1. The van der Waals surface area contributed by atoms with Gasteiger partial charge in [-0.05, 0) is 18.1 Å². The van der Waals surface area contributed by atoms with Gasteiger partial charge in [0.25, 0.3) is 15.8 Å². The summed E-state index contributed by atoms with van der Waals surface area (Å²) >= 11 is 0. The molecule has 0 saturated heterocycles. The molecule has 8 nitrogen and oxygen atoms in total. The van der Waals surface area contributed by atoms with Crippen LogP contribution in [0.25, 0.3) is 11.0 Å². The van der Waals surface area contributed by atoms with Crippen LogP contribution in [-0.2, 0) is 22.3 Å². The molecule has 0 radical (unpaired) electrons. The normalized spacial score (nSPS) is 11.7. The van der Waals surface area contributed by atoms with E-state index in [-0.39, 0.29) is 22.6 Å². The minimum atomic E-state index is -4.18. The molecule has 0 fully saturated rings. The summed E-state index contributed by atoms with van der Waals surface area (Å²) in [6, 6.07) is 9.94. The second-order valence-corrected chi connectivity index (χ2v) is 8.15. The number of benzene rings is 2. The van der Waals surface area contributed by atoms with E-state index in [0.29, 0.717) is 28.7 Å². The van der Waals surface area contributed by atoms with E-state index in [1.54, 1.807) is 0 Å². The van der Waals surface area contributed by atoms with Crippen LogP contribution in [0.5, 0.6) is 0 Å². The fourth-order valence-electron chi connectivity index (χ4n) is 3.12. The smallest absolute Gasteiger partial charge is 0.270 e. The van der Waals surface area contributed by atoms with E-state index in [2.05, 4.69) is 0 Å². The summed E-state index contributed by atoms with van der Waals surface area (Å²) in [6.45, 7) is 2.00. The van der Waals surface area contributed by atoms with Gasteiger partial charge in [0.1, 0.15) is 17.1 Å². The van der Waals surface area contributed by atoms with Crippen molar-refractivity contribution in [1.29, 1.82) is 0 Å². The van der Waals surface area contributed by atoms with Gasteiger partial charge in [0.15, 0.2) is 5.78 Å². The fourth-order valence-corrected chi connectivity index (χ4v) is 3.73. The Labute approximate surface area is 167 Å². The lowest BCUT2D eigenvalue weighted by molar-refractivity contribution is -0.384. The number of hydrogen-bond donors (Lipinski definition) is 1. The first kappa shape index (κ1) is 20.7. The minimum absolute atomic E-state index is 0.141. The number of unbranched alkanes of at least 4 members (excludes halogenated alkanes) is 1. The number of fused-ring (bicyclic) bond motifs is 1. The topological polar surface area (TPSA) is 128 Å². The molecule has 152 valence electrons. The molecule has 3 rings (SSSR count). The number of furan rings is 1. The van der Waals surface area contributed by atoms with Crippen LogP contribution in [0.15, 0.2) is 46.9 Å². The molecule has 0 saturated carbocycles. The van der Waals surface area contributed by atoms with E-state index in [1.807, 2.05) is 6.92 Å². The molecule has 1 N–H and O–H groups in total. The van der Waals surface area contributed by atoms with Gasteiger partial charge in [0.05, 0.1) is 10.5 Å². The van der Waals surface area contributed by atoms with Crippen molar-refractivity contribution in [3.8, 4) is 0 Å². The first-order valence-electron chi connectivity index (χ1n) is 8.98. The van der Waals surface area contributed by atoms with E-state index >= 15 is 0 Å². The van der Waals surface area contributed by atoms with Gasteiger partial charge in [0, 0.05) is 29.5 Å². The number of nitro groups is 1. The monoisotopic (exact) mass is 417 g/mol. The Morgan fingerprint density at radius 1 is 1.17 bits per heavy atom. The summed E-state index contributed by atoms with van der Waals surface area (Å²) < 4.78 is 36.8. The van der Waals surface area contributed by atoms with Crippen molar-refractivity contribution >= 4 is 32.6 Å². The van der Waals surface area contributed by atoms with Crippen LogP contribution in [0, 0.1) is 10.1 Å². The molecule has 1 aromatic heterocycles. The molecular weight excluding hydrogens is 398 g/mol. The van der Waals surface area contributed by atoms with Gasteiger partial charge < -0.3 is 4.42 Å². The zero-order chi connectivity index (χ0) is 21.2. The predicted molar refractivity (Wildman–Crippen MR) is 107 cm³/mol. The Kier molecular flexibility index (Phi) is 5.81. The van der Waals surface area contributed by atoms with Crippen LogP contribution in [0.2, 0.25) is 0 Å². The maximum absolute atomic E-state index is 13.2. The van der Waals surface area contributed by atoms with Gasteiger partial charge in [-0.3, -0.25) is 19.5 Å². The van der Waals surface area contributed by atoms with Crippen LogP contribution in [0.1, 0.15) is 47.0 Å². The average molecular weight is 417 g/mol. The third kappa shape index (κ3) is 4.69. The molecule has 0 aliphatic carbocycles. The summed E-state index contributed by atoms with van der Waals surface area (Å²) in [7, 11) is -4.18. The highest BCUT2D eigenvalue weighted by Gasteiger charge is 2.23. The molecule has 2 aromatic carbocycles. The van der Waals surface area contributed by atoms with Crippen molar-refractivity contribution in [2.24, 2.45) is 0 Å². The third-order valence-corrected chi connectivity index (χ3v) is 5.20.